The van der Waals surface area contributed by atoms with E-state index in [2.05, 4.69) is 10.5 Å². The zero-order valence-corrected chi connectivity index (χ0v) is 16.6. The smallest absolute Gasteiger partial charge is 0.267 e. The molecule has 148 valence electrons. The van der Waals surface area contributed by atoms with Gasteiger partial charge in [0.2, 0.25) is 10.0 Å². The van der Waals surface area contributed by atoms with Gasteiger partial charge >= 0.3 is 0 Å². The monoisotopic (exact) mass is 407 g/mol. The van der Waals surface area contributed by atoms with Crippen LogP contribution in [-0.2, 0) is 10.0 Å². The topological polar surface area (TPSA) is 78.8 Å². The average molecular weight is 407 g/mol. The second-order valence-corrected chi connectivity index (χ2v) is 8.88. The van der Waals surface area contributed by atoms with Crippen LogP contribution in [0.4, 0.5) is 0 Å². The largest absolute Gasteiger partial charge is 0.271 e. The zero-order chi connectivity index (χ0) is 20.3. The molecule has 0 radical (unpaired) electrons. The molecular formula is C22H21N3O3S. The number of hydrazone groups is 1. The summed E-state index contributed by atoms with van der Waals surface area (Å²) < 4.78 is 26.8. The molecule has 1 heterocycles. The Morgan fingerprint density at radius 3 is 2.48 bits per heavy atom. The Bertz CT molecular complexity index is 1180. The van der Waals surface area contributed by atoms with Crippen LogP contribution in [-0.4, -0.2) is 37.9 Å². The molecule has 0 bridgehead atoms. The van der Waals surface area contributed by atoms with E-state index in [9.17, 15) is 13.2 Å². The standard InChI is InChI=1S/C22H21N3O3S/c26-22(24-23-16-17-10-11-18-6-1-2-7-19(18)14-17)20-8-5-9-21(15-20)29(27,28)25-12-3-4-13-25/h1-2,5-11,14-16H,3-4,12-13H2,(H,24,26)/b23-16+. The first-order valence-corrected chi connectivity index (χ1v) is 10.9. The Morgan fingerprint density at radius 2 is 1.69 bits per heavy atom. The summed E-state index contributed by atoms with van der Waals surface area (Å²) in [5.41, 5.74) is 3.57. The molecule has 0 saturated carbocycles. The SMILES string of the molecule is O=C(N/N=C/c1ccc2ccccc2c1)c1cccc(S(=O)(=O)N2CCCC2)c1. The maximum atomic E-state index is 12.7. The minimum Gasteiger partial charge on any atom is -0.267 e. The van der Waals surface area contributed by atoms with Gasteiger partial charge in [0.25, 0.3) is 5.91 Å². The maximum absolute atomic E-state index is 12.7. The van der Waals surface area contributed by atoms with Crippen molar-refractivity contribution in [1.29, 1.82) is 0 Å². The Labute approximate surface area is 169 Å². The molecule has 1 aliphatic heterocycles. The summed E-state index contributed by atoms with van der Waals surface area (Å²) in [5, 5.41) is 6.22. The van der Waals surface area contributed by atoms with Gasteiger partial charge < -0.3 is 0 Å². The number of amides is 1. The van der Waals surface area contributed by atoms with E-state index in [0.717, 1.165) is 29.2 Å². The van der Waals surface area contributed by atoms with Crippen molar-refractivity contribution >= 4 is 32.9 Å². The van der Waals surface area contributed by atoms with Crippen LogP contribution in [0.15, 0.2) is 76.7 Å². The molecule has 1 amide bonds. The highest BCUT2D eigenvalue weighted by atomic mass is 32.2. The number of hydrogen-bond acceptors (Lipinski definition) is 4. The van der Waals surface area contributed by atoms with Gasteiger partial charge in [0.05, 0.1) is 11.1 Å². The summed E-state index contributed by atoms with van der Waals surface area (Å²) in [6.45, 7) is 1.05. The lowest BCUT2D eigenvalue weighted by Gasteiger charge is -2.15. The molecule has 1 saturated heterocycles. The predicted molar refractivity (Wildman–Crippen MR) is 113 cm³/mol. The highest BCUT2D eigenvalue weighted by Gasteiger charge is 2.27. The lowest BCUT2D eigenvalue weighted by molar-refractivity contribution is 0.0955. The molecule has 0 unspecified atom stereocenters. The third-order valence-corrected chi connectivity index (χ3v) is 6.85. The average Bonchev–Trinajstić information content (AvgIpc) is 3.29. The molecule has 6 nitrogen and oxygen atoms in total. The van der Waals surface area contributed by atoms with Gasteiger partial charge in [0.15, 0.2) is 0 Å². The first-order valence-electron chi connectivity index (χ1n) is 9.46. The number of benzene rings is 3. The third kappa shape index (κ3) is 4.21. The lowest BCUT2D eigenvalue weighted by Crippen LogP contribution is -2.28. The molecule has 29 heavy (non-hydrogen) atoms. The molecule has 3 aromatic rings. The molecule has 1 N–H and O–H groups in total. The molecule has 0 atom stereocenters. The summed E-state index contributed by atoms with van der Waals surface area (Å²) in [4.78, 5) is 12.5. The van der Waals surface area contributed by atoms with Gasteiger partial charge in [-0.2, -0.15) is 9.41 Å². The molecule has 7 heteroatoms. The van der Waals surface area contributed by atoms with Crippen LogP contribution in [0.1, 0.15) is 28.8 Å². The van der Waals surface area contributed by atoms with Gasteiger partial charge in [0.1, 0.15) is 0 Å². The van der Waals surface area contributed by atoms with E-state index in [1.165, 1.54) is 16.4 Å². The summed E-state index contributed by atoms with van der Waals surface area (Å²) >= 11 is 0. The van der Waals surface area contributed by atoms with E-state index in [1.54, 1.807) is 18.3 Å². The second-order valence-electron chi connectivity index (χ2n) is 6.94. The van der Waals surface area contributed by atoms with Gasteiger partial charge in [-0.25, -0.2) is 13.8 Å². The molecule has 0 aliphatic carbocycles. The Morgan fingerprint density at radius 1 is 0.931 bits per heavy atom. The van der Waals surface area contributed by atoms with Gasteiger partial charge in [0, 0.05) is 18.7 Å². The van der Waals surface area contributed by atoms with E-state index < -0.39 is 15.9 Å². The molecule has 1 fully saturated rings. The highest BCUT2D eigenvalue weighted by molar-refractivity contribution is 7.89. The number of carbonyl (C=O) groups excluding carboxylic acids is 1. The molecule has 0 aromatic heterocycles. The minimum absolute atomic E-state index is 0.130. The predicted octanol–water partition coefficient (Wildman–Crippen LogP) is 3.39. The van der Waals surface area contributed by atoms with Crippen molar-refractivity contribution in [2.45, 2.75) is 17.7 Å². The number of nitrogens with zero attached hydrogens (tertiary/aromatic N) is 2. The van der Waals surface area contributed by atoms with E-state index in [4.69, 9.17) is 0 Å². The molecule has 1 aliphatic rings. The van der Waals surface area contributed by atoms with Crippen LogP contribution in [0.25, 0.3) is 10.8 Å². The summed E-state index contributed by atoms with van der Waals surface area (Å²) in [5.74, 6) is -0.458. The van der Waals surface area contributed by atoms with Crippen molar-refractivity contribution in [3.63, 3.8) is 0 Å². The fourth-order valence-corrected chi connectivity index (χ4v) is 4.96. The quantitative estimate of drug-likeness (QED) is 0.520. The van der Waals surface area contributed by atoms with Crippen LogP contribution in [0.3, 0.4) is 0 Å². The molecule has 0 spiro atoms. The van der Waals surface area contributed by atoms with Gasteiger partial charge in [-0.1, -0.05) is 42.5 Å². The number of nitrogens with one attached hydrogen (secondary N) is 1. The van der Waals surface area contributed by atoms with Crippen LogP contribution >= 0.6 is 0 Å². The first-order chi connectivity index (χ1) is 14.0. The molecule has 4 rings (SSSR count). The van der Waals surface area contributed by atoms with Crippen molar-refractivity contribution < 1.29 is 13.2 Å². The van der Waals surface area contributed by atoms with Crippen LogP contribution in [0, 0.1) is 0 Å². The Hall–Kier alpha value is -3.03. The lowest BCUT2D eigenvalue weighted by atomic mass is 10.1. The van der Waals surface area contributed by atoms with Crippen LogP contribution in [0.5, 0.6) is 0 Å². The Kier molecular flexibility index (Phi) is 5.42. The summed E-state index contributed by atoms with van der Waals surface area (Å²) in [6.07, 6.45) is 3.29. The molecule has 3 aromatic carbocycles. The number of fused-ring (bicyclic) bond motifs is 1. The summed E-state index contributed by atoms with van der Waals surface area (Å²) in [6, 6.07) is 19.9. The van der Waals surface area contributed by atoms with Crippen molar-refractivity contribution in [3.05, 3.63) is 77.9 Å². The van der Waals surface area contributed by atoms with E-state index in [0.29, 0.717) is 13.1 Å². The summed E-state index contributed by atoms with van der Waals surface area (Å²) in [7, 11) is -3.56. The highest BCUT2D eigenvalue weighted by Crippen LogP contribution is 2.21. The van der Waals surface area contributed by atoms with Gasteiger partial charge in [-0.15, -0.1) is 0 Å². The maximum Gasteiger partial charge on any atom is 0.271 e. The van der Waals surface area contributed by atoms with E-state index >= 15 is 0 Å². The number of rotatable bonds is 5. The normalized spacial score (nSPS) is 15.2. The fourth-order valence-electron chi connectivity index (χ4n) is 3.39. The van der Waals surface area contributed by atoms with Crippen molar-refractivity contribution in [2.24, 2.45) is 5.10 Å². The van der Waals surface area contributed by atoms with Crippen molar-refractivity contribution in [1.82, 2.24) is 9.73 Å². The number of carbonyl (C=O) groups is 1. The second kappa shape index (κ2) is 8.14. The van der Waals surface area contributed by atoms with E-state index in [-0.39, 0.29) is 10.5 Å². The number of hydrogen-bond donors (Lipinski definition) is 1. The van der Waals surface area contributed by atoms with Crippen molar-refractivity contribution in [2.75, 3.05) is 13.1 Å². The van der Waals surface area contributed by atoms with Gasteiger partial charge in [-0.3, -0.25) is 4.79 Å². The number of sulfonamides is 1. The minimum atomic E-state index is -3.56. The van der Waals surface area contributed by atoms with E-state index in [1.807, 2.05) is 42.5 Å². The molecular weight excluding hydrogens is 386 g/mol. The van der Waals surface area contributed by atoms with Crippen LogP contribution < -0.4 is 5.43 Å². The third-order valence-electron chi connectivity index (χ3n) is 4.95. The fraction of sp³-hybridized carbons (Fsp3) is 0.182. The van der Waals surface area contributed by atoms with Crippen LogP contribution in [0.2, 0.25) is 0 Å². The van der Waals surface area contributed by atoms with Crippen molar-refractivity contribution in [3.8, 4) is 0 Å². The first kappa shape index (κ1) is 19.3. The van der Waals surface area contributed by atoms with Gasteiger partial charge in [-0.05, 0) is 53.4 Å². The zero-order valence-electron chi connectivity index (χ0n) is 15.8. The Balaban J connectivity index is 1.47.